The lowest BCUT2D eigenvalue weighted by Crippen LogP contribution is -2.41. The van der Waals surface area contributed by atoms with Gasteiger partial charge in [0.05, 0.1) is 11.2 Å². The molecule has 156 valence electrons. The van der Waals surface area contributed by atoms with Crippen molar-refractivity contribution in [2.45, 2.75) is 58.4 Å². The number of allylic oxidation sites excluding steroid dienone is 3. The van der Waals surface area contributed by atoms with Crippen molar-refractivity contribution in [2.24, 2.45) is 5.92 Å². The summed E-state index contributed by atoms with van der Waals surface area (Å²) >= 11 is 0. The number of nitrogens with one attached hydrogen (secondary N) is 1. The number of nitrogens with zero attached hydrogens (tertiary/aromatic N) is 1. The summed E-state index contributed by atoms with van der Waals surface area (Å²) in [7, 11) is -0.548. The summed E-state index contributed by atoms with van der Waals surface area (Å²) in [6.07, 6.45) is 0.624. The molecule has 0 saturated carbocycles. The van der Waals surface area contributed by atoms with Crippen LogP contribution < -0.4 is 5.32 Å². The van der Waals surface area contributed by atoms with Gasteiger partial charge in [-0.3, -0.25) is 9.78 Å². The molecular weight excluding hydrogens is 384 g/mol. The molecule has 1 aliphatic heterocycles. The Bertz CT molecular complexity index is 862. The maximum atomic E-state index is 12.8. The number of pyridine rings is 1. The minimum atomic E-state index is -4.61. The second-order valence-electron chi connectivity index (χ2n) is 8.41. The summed E-state index contributed by atoms with van der Waals surface area (Å²) in [5, 5.41) is 2.67. The van der Waals surface area contributed by atoms with E-state index in [0.717, 1.165) is 17.7 Å². The Labute approximate surface area is 168 Å². The van der Waals surface area contributed by atoms with Gasteiger partial charge < -0.3 is 14.6 Å². The zero-order chi connectivity index (χ0) is 21.6. The van der Waals surface area contributed by atoms with E-state index >= 15 is 0 Å². The van der Waals surface area contributed by atoms with Crippen LogP contribution in [0, 0.1) is 5.92 Å². The first-order valence-corrected chi connectivity index (χ1v) is 9.42. The maximum absolute atomic E-state index is 12.8. The van der Waals surface area contributed by atoms with Gasteiger partial charge in [-0.05, 0) is 63.7 Å². The zero-order valence-electron chi connectivity index (χ0n) is 17.1. The van der Waals surface area contributed by atoms with Crippen molar-refractivity contribution in [1.29, 1.82) is 0 Å². The molecule has 1 aromatic heterocycles. The molecule has 1 fully saturated rings. The minimum Gasteiger partial charge on any atom is -0.400 e. The maximum Gasteiger partial charge on any atom is 0.490 e. The molecule has 1 atom stereocenters. The third-order valence-electron chi connectivity index (χ3n) is 5.68. The zero-order valence-corrected chi connectivity index (χ0v) is 17.1. The van der Waals surface area contributed by atoms with Crippen LogP contribution in [0.15, 0.2) is 41.7 Å². The highest BCUT2D eigenvalue weighted by Gasteiger charge is 2.53. The molecule has 1 unspecified atom stereocenters. The third-order valence-corrected chi connectivity index (χ3v) is 5.68. The summed E-state index contributed by atoms with van der Waals surface area (Å²) in [6, 6.07) is 1.98. The molecule has 1 aliphatic carbocycles. The van der Waals surface area contributed by atoms with Gasteiger partial charge in [-0.2, -0.15) is 13.2 Å². The van der Waals surface area contributed by atoms with Crippen molar-refractivity contribution >= 4 is 13.0 Å². The van der Waals surface area contributed by atoms with E-state index in [2.05, 4.69) is 10.3 Å². The van der Waals surface area contributed by atoms with Crippen molar-refractivity contribution in [3.8, 4) is 0 Å². The monoisotopic (exact) mass is 408 g/mol. The van der Waals surface area contributed by atoms with E-state index in [0.29, 0.717) is 12.1 Å². The van der Waals surface area contributed by atoms with Gasteiger partial charge >= 0.3 is 13.3 Å². The molecule has 1 amide bonds. The predicted octanol–water partition coefficient (Wildman–Crippen LogP) is 4.31. The number of carbonyl (C=O) groups is 1. The van der Waals surface area contributed by atoms with Gasteiger partial charge in [-0.1, -0.05) is 13.0 Å². The normalized spacial score (nSPS) is 23.4. The summed E-state index contributed by atoms with van der Waals surface area (Å²) < 4.78 is 50.7. The van der Waals surface area contributed by atoms with Gasteiger partial charge in [0.25, 0.3) is 5.91 Å². The molecule has 0 radical (unpaired) electrons. The number of hydrogen-bond donors (Lipinski definition) is 1. The van der Waals surface area contributed by atoms with Crippen LogP contribution >= 0.6 is 0 Å². The molecule has 1 saturated heterocycles. The SMILES string of the molecule is CC1CC=C(NC(=O)c2ccnc(C(F)(F)F)c2)C=C1B1OC(C)(C)C(C)(C)O1. The molecule has 1 N–H and O–H groups in total. The molecule has 0 spiro atoms. The van der Waals surface area contributed by atoms with E-state index in [-0.39, 0.29) is 11.5 Å². The van der Waals surface area contributed by atoms with Crippen molar-refractivity contribution < 1.29 is 27.3 Å². The Hall–Kier alpha value is -2.13. The highest BCUT2D eigenvalue weighted by atomic mass is 19.4. The fourth-order valence-electron chi connectivity index (χ4n) is 3.12. The molecule has 3 rings (SSSR count). The van der Waals surface area contributed by atoms with E-state index in [4.69, 9.17) is 9.31 Å². The number of rotatable bonds is 3. The molecule has 0 bridgehead atoms. The Balaban J connectivity index is 1.78. The van der Waals surface area contributed by atoms with Crippen LogP contribution in [0.4, 0.5) is 13.2 Å². The Morgan fingerprint density at radius 2 is 1.86 bits per heavy atom. The summed E-state index contributed by atoms with van der Waals surface area (Å²) in [5.41, 5.74) is -0.820. The molecular formula is C20H24BF3N2O3. The lowest BCUT2D eigenvalue weighted by atomic mass is 9.68. The van der Waals surface area contributed by atoms with E-state index in [1.165, 1.54) is 6.07 Å². The lowest BCUT2D eigenvalue weighted by molar-refractivity contribution is -0.141. The van der Waals surface area contributed by atoms with Crippen LogP contribution in [0.2, 0.25) is 0 Å². The topological polar surface area (TPSA) is 60.5 Å². The Morgan fingerprint density at radius 3 is 2.45 bits per heavy atom. The number of carbonyl (C=O) groups excluding carboxylic acids is 1. The first-order chi connectivity index (χ1) is 13.3. The predicted molar refractivity (Wildman–Crippen MR) is 103 cm³/mol. The molecule has 2 heterocycles. The first kappa shape index (κ1) is 21.6. The van der Waals surface area contributed by atoms with Gasteiger partial charge in [-0.25, -0.2) is 0 Å². The molecule has 0 aromatic carbocycles. The fourth-order valence-corrected chi connectivity index (χ4v) is 3.12. The molecule has 5 nitrogen and oxygen atoms in total. The summed E-state index contributed by atoms with van der Waals surface area (Å²) in [6.45, 7) is 9.87. The number of hydrogen-bond acceptors (Lipinski definition) is 4. The second-order valence-corrected chi connectivity index (χ2v) is 8.41. The van der Waals surface area contributed by atoms with Crippen molar-refractivity contribution in [2.75, 3.05) is 0 Å². The lowest BCUT2D eigenvalue weighted by Gasteiger charge is -2.32. The highest BCUT2D eigenvalue weighted by molar-refractivity contribution is 6.55. The third kappa shape index (κ3) is 4.40. The van der Waals surface area contributed by atoms with Crippen LogP contribution in [-0.4, -0.2) is 29.2 Å². The second kappa shape index (κ2) is 7.29. The van der Waals surface area contributed by atoms with Crippen LogP contribution in [0.25, 0.3) is 0 Å². The average Bonchev–Trinajstić information content (AvgIpc) is 2.83. The summed E-state index contributed by atoms with van der Waals surface area (Å²) in [4.78, 5) is 15.7. The van der Waals surface area contributed by atoms with Crippen LogP contribution in [0.3, 0.4) is 0 Å². The number of alkyl halides is 3. The van der Waals surface area contributed by atoms with E-state index in [9.17, 15) is 18.0 Å². The largest absolute Gasteiger partial charge is 0.490 e. The van der Waals surface area contributed by atoms with Gasteiger partial charge in [-0.15, -0.1) is 0 Å². The Kier molecular flexibility index (Phi) is 5.42. The Morgan fingerprint density at radius 1 is 1.24 bits per heavy atom. The number of halogens is 3. The standard InChI is InChI=1S/C20H24BF3N2O3/c1-12-6-7-14(11-15(12)21-28-18(2,3)19(4,5)29-21)26-17(27)13-8-9-25-16(10-13)20(22,23)24/h7-12H,6H2,1-5H3,(H,26,27). The van der Waals surface area contributed by atoms with Gasteiger partial charge in [0.1, 0.15) is 5.69 Å². The van der Waals surface area contributed by atoms with Crippen molar-refractivity contribution in [3.63, 3.8) is 0 Å². The minimum absolute atomic E-state index is 0.113. The van der Waals surface area contributed by atoms with E-state index < -0.39 is 36.1 Å². The number of amides is 1. The van der Waals surface area contributed by atoms with Crippen molar-refractivity contribution in [1.82, 2.24) is 10.3 Å². The molecule has 9 heteroatoms. The molecule has 1 aromatic rings. The average molecular weight is 408 g/mol. The first-order valence-electron chi connectivity index (χ1n) is 9.42. The van der Waals surface area contributed by atoms with Gasteiger partial charge in [0.15, 0.2) is 0 Å². The molecule has 29 heavy (non-hydrogen) atoms. The van der Waals surface area contributed by atoms with E-state index in [1.54, 1.807) is 6.08 Å². The molecule has 2 aliphatic rings. The van der Waals surface area contributed by atoms with E-state index in [1.807, 2.05) is 40.7 Å². The quantitative estimate of drug-likeness (QED) is 0.758. The van der Waals surface area contributed by atoms with Crippen LogP contribution in [0.5, 0.6) is 0 Å². The van der Waals surface area contributed by atoms with Crippen LogP contribution in [-0.2, 0) is 15.5 Å². The highest BCUT2D eigenvalue weighted by Crippen LogP contribution is 2.41. The summed E-state index contributed by atoms with van der Waals surface area (Å²) in [5.74, 6) is -0.494. The smallest absolute Gasteiger partial charge is 0.400 e. The van der Waals surface area contributed by atoms with Gasteiger partial charge in [0.2, 0.25) is 0 Å². The van der Waals surface area contributed by atoms with Gasteiger partial charge in [0, 0.05) is 17.5 Å². The number of aromatic nitrogens is 1. The fraction of sp³-hybridized carbons (Fsp3) is 0.500. The van der Waals surface area contributed by atoms with Crippen LogP contribution in [0.1, 0.15) is 57.1 Å². The van der Waals surface area contributed by atoms with Crippen molar-refractivity contribution in [3.05, 3.63) is 52.9 Å².